The Morgan fingerprint density at radius 3 is 2.38 bits per heavy atom. The molecule has 1 aromatic rings. The van der Waals surface area contributed by atoms with E-state index < -0.39 is 11.6 Å². The summed E-state index contributed by atoms with van der Waals surface area (Å²) in [5.41, 5.74) is -0.341. The maximum atomic E-state index is 13.4. The second kappa shape index (κ2) is 8.84. The normalized spacial score (nSPS) is 20.0. The molecule has 0 bridgehead atoms. The molecule has 29 heavy (non-hydrogen) atoms. The van der Waals surface area contributed by atoms with Gasteiger partial charge >= 0.3 is 6.03 Å². The van der Waals surface area contributed by atoms with Crippen LogP contribution in [0.15, 0.2) is 24.3 Å². The van der Waals surface area contributed by atoms with Crippen LogP contribution < -0.4 is 10.1 Å². The number of carbonyl (C=O) groups is 3. The molecule has 1 N–H and O–H groups in total. The average Bonchev–Trinajstić information content (AvgIpc) is 2.71. The van der Waals surface area contributed by atoms with Gasteiger partial charge in [0, 0.05) is 45.9 Å². The first kappa shape index (κ1) is 21.1. The number of piperidine rings is 1. The number of nitrogens with one attached hydrogen (secondary N) is 1. The van der Waals surface area contributed by atoms with Crippen LogP contribution in [0.3, 0.4) is 0 Å². The Hall–Kier alpha value is -2.57. The lowest BCUT2D eigenvalue weighted by Crippen LogP contribution is -2.66. The van der Waals surface area contributed by atoms with Crippen molar-refractivity contribution in [2.24, 2.45) is 0 Å². The molecule has 2 aliphatic rings. The molecular weight excluding hydrogens is 370 g/mol. The van der Waals surface area contributed by atoms with Gasteiger partial charge in [-0.1, -0.05) is 26.0 Å². The van der Waals surface area contributed by atoms with Crippen molar-refractivity contribution in [3.63, 3.8) is 0 Å². The number of urea groups is 1. The zero-order valence-corrected chi connectivity index (χ0v) is 17.6. The first-order chi connectivity index (χ1) is 13.9. The fourth-order valence-electron chi connectivity index (χ4n) is 4.29. The monoisotopic (exact) mass is 401 g/mol. The summed E-state index contributed by atoms with van der Waals surface area (Å²) in [6.07, 6.45) is 2.70. The fraction of sp³-hybridized carbons (Fsp3) is 0.591. The first-order valence-electron chi connectivity index (χ1n) is 10.5. The van der Waals surface area contributed by atoms with E-state index in [9.17, 15) is 14.4 Å². The number of benzene rings is 1. The topological polar surface area (TPSA) is 79.0 Å². The predicted molar refractivity (Wildman–Crippen MR) is 110 cm³/mol. The van der Waals surface area contributed by atoms with Gasteiger partial charge in [-0.25, -0.2) is 4.79 Å². The van der Waals surface area contributed by atoms with Crippen molar-refractivity contribution in [2.45, 2.75) is 58.1 Å². The number of nitrogens with zero attached hydrogens (tertiary/aromatic N) is 2. The van der Waals surface area contributed by atoms with Crippen LogP contribution in [0.4, 0.5) is 4.79 Å². The Balaban J connectivity index is 1.89. The third kappa shape index (κ3) is 4.23. The van der Waals surface area contributed by atoms with Gasteiger partial charge in [-0.15, -0.1) is 0 Å². The van der Waals surface area contributed by atoms with Gasteiger partial charge < -0.3 is 19.9 Å². The van der Waals surface area contributed by atoms with Gasteiger partial charge in [0.1, 0.15) is 17.4 Å². The van der Waals surface area contributed by atoms with Crippen molar-refractivity contribution >= 4 is 17.7 Å². The summed E-state index contributed by atoms with van der Waals surface area (Å²) in [7, 11) is 0. The van der Waals surface area contributed by atoms with Crippen LogP contribution in [-0.4, -0.2) is 65.3 Å². The molecule has 0 aliphatic carbocycles. The smallest absolute Gasteiger partial charge is 0.318 e. The zero-order chi connectivity index (χ0) is 21.0. The highest BCUT2D eigenvalue weighted by molar-refractivity contribution is 6.05. The number of likely N-dealkylation sites (tertiary alicyclic amines) is 1. The quantitative estimate of drug-likeness (QED) is 0.823. The standard InChI is InChI=1S/C22H31N3O4/c1-4-12-25(13-5-2)21(28)23-20-19(27)17-8-6-7-9-18(17)29-22(20)10-14-24(15-11-22)16(3)26/h6-9,20H,4-5,10-15H2,1-3H3,(H,23,28). The molecular formula is C22H31N3O4. The third-order valence-electron chi connectivity index (χ3n) is 5.85. The summed E-state index contributed by atoms with van der Waals surface area (Å²) >= 11 is 0. The maximum Gasteiger partial charge on any atom is 0.318 e. The molecule has 1 unspecified atom stereocenters. The summed E-state index contributed by atoms with van der Waals surface area (Å²) in [5.74, 6) is 0.447. The van der Waals surface area contributed by atoms with E-state index in [1.54, 1.807) is 34.9 Å². The van der Waals surface area contributed by atoms with Gasteiger partial charge in [0.15, 0.2) is 5.78 Å². The second-order valence-corrected chi connectivity index (χ2v) is 7.90. The average molecular weight is 402 g/mol. The Kier molecular flexibility index (Phi) is 6.45. The van der Waals surface area contributed by atoms with Gasteiger partial charge in [-0.3, -0.25) is 9.59 Å². The van der Waals surface area contributed by atoms with Crippen LogP contribution in [0.5, 0.6) is 5.75 Å². The van der Waals surface area contributed by atoms with Crippen LogP contribution >= 0.6 is 0 Å². The van der Waals surface area contributed by atoms with E-state index in [2.05, 4.69) is 5.32 Å². The van der Waals surface area contributed by atoms with E-state index in [1.165, 1.54) is 0 Å². The number of para-hydroxylation sites is 1. The number of carbonyl (C=O) groups excluding carboxylic acids is 3. The molecule has 1 spiro atoms. The minimum atomic E-state index is -0.836. The number of ketones is 1. The van der Waals surface area contributed by atoms with Crippen molar-refractivity contribution < 1.29 is 19.1 Å². The van der Waals surface area contributed by atoms with Gasteiger partial charge in [0.25, 0.3) is 0 Å². The molecule has 158 valence electrons. The molecule has 0 radical (unpaired) electrons. The summed E-state index contributed by atoms with van der Waals surface area (Å²) in [6.45, 7) is 7.90. The summed E-state index contributed by atoms with van der Waals surface area (Å²) < 4.78 is 6.38. The lowest BCUT2D eigenvalue weighted by atomic mass is 9.78. The highest BCUT2D eigenvalue weighted by atomic mass is 16.5. The maximum absolute atomic E-state index is 13.4. The Morgan fingerprint density at radius 2 is 1.79 bits per heavy atom. The molecule has 2 heterocycles. The molecule has 1 saturated heterocycles. The summed E-state index contributed by atoms with van der Waals surface area (Å²) in [6, 6.07) is 6.18. The lowest BCUT2D eigenvalue weighted by molar-refractivity contribution is -0.132. The minimum Gasteiger partial charge on any atom is -0.484 e. The van der Waals surface area contributed by atoms with E-state index >= 15 is 0 Å². The van der Waals surface area contributed by atoms with Crippen molar-refractivity contribution in [2.75, 3.05) is 26.2 Å². The van der Waals surface area contributed by atoms with Crippen LogP contribution in [0.1, 0.15) is 56.8 Å². The summed E-state index contributed by atoms with van der Waals surface area (Å²) in [4.78, 5) is 41.7. The van der Waals surface area contributed by atoms with Gasteiger partial charge in [-0.2, -0.15) is 0 Å². The molecule has 3 rings (SSSR count). The number of rotatable bonds is 5. The van der Waals surface area contributed by atoms with Crippen molar-refractivity contribution in [1.82, 2.24) is 15.1 Å². The molecule has 2 aliphatic heterocycles. The highest BCUT2D eigenvalue weighted by Crippen LogP contribution is 2.39. The van der Waals surface area contributed by atoms with Crippen molar-refractivity contribution in [3.8, 4) is 5.75 Å². The van der Waals surface area contributed by atoms with Crippen LogP contribution in [0.25, 0.3) is 0 Å². The molecule has 1 fully saturated rings. The van der Waals surface area contributed by atoms with E-state index in [1.807, 2.05) is 19.9 Å². The molecule has 1 aromatic carbocycles. The van der Waals surface area contributed by atoms with Crippen LogP contribution in [-0.2, 0) is 4.79 Å². The number of amides is 3. The SMILES string of the molecule is CCCN(CCC)C(=O)NC1C(=O)c2ccccc2OC12CCN(C(C)=O)CC2. The van der Waals surface area contributed by atoms with Gasteiger partial charge in [0.2, 0.25) is 5.91 Å². The number of hydrogen-bond donors (Lipinski definition) is 1. The predicted octanol–water partition coefficient (Wildman–Crippen LogP) is 2.84. The molecule has 1 atom stereocenters. The van der Waals surface area contributed by atoms with E-state index in [0.29, 0.717) is 50.3 Å². The highest BCUT2D eigenvalue weighted by Gasteiger charge is 2.52. The summed E-state index contributed by atoms with van der Waals surface area (Å²) in [5, 5.41) is 2.99. The Labute approximate surface area is 172 Å². The van der Waals surface area contributed by atoms with Crippen LogP contribution in [0.2, 0.25) is 0 Å². The molecule has 0 aromatic heterocycles. The Bertz CT molecular complexity index is 765. The number of Topliss-reactive ketones (excluding diaryl/α,β-unsaturated/α-hetero) is 1. The Morgan fingerprint density at radius 1 is 1.17 bits per heavy atom. The fourth-order valence-corrected chi connectivity index (χ4v) is 4.29. The number of hydrogen-bond acceptors (Lipinski definition) is 4. The minimum absolute atomic E-state index is 0.0139. The first-order valence-corrected chi connectivity index (χ1v) is 10.5. The second-order valence-electron chi connectivity index (χ2n) is 7.90. The van der Waals surface area contributed by atoms with E-state index in [0.717, 1.165) is 12.8 Å². The molecule has 7 heteroatoms. The number of fused-ring (bicyclic) bond motifs is 1. The van der Waals surface area contributed by atoms with Crippen molar-refractivity contribution in [1.29, 1.82) is 0 Å². The molecule has 3 amide bonds. The molecule has 7 nitrogen and oxygen atoms in total. The van der Waals surface area contributed by atoms with Crippen molar-refractivity contribution in [3.05, 3.63) is 29.8 Å². The van der Waals surface area contributed by atoms with Gasteiger partial charge in [-0.05, 0) is 25.0 Å². The van der Waals surface area contributed by atoms with Gasteiger partial charge in [0.05, 0.1) is 5.56 Å². The molecule has 0 saturated carbocycles. The third-order valence-corrected chi connectivity index (χ3v) is 5.85. The van der Waals surface area contributed by atoms with E-state index in [4.69, 9.17) is 4.74 Å². The lowest BCUT2D eigenvalue weighted by Gasteiger charge is -2.48. The number of ether oxygens (including phenoxy) is 1. The van der Waals surface area contributed by atoms with E-state index in [-0.39, 0.29) is 17.7 Å². The largest absolute Gasteiger partial charge is 0.484 e. The zero-order valence-electron chi connectivity index (χ0n) is 17.6. The van der Waals surface area contributed by atoms with Crippen LogP contribution in [0, 0.1) is 0 Å².